The highest BCUT2D eigenvalue weighted by Crippen LogP contribution is 2.17. The van der Waals surface area contributed by atoms with Crippen LogP contribution in [0.3, 0.4) is 0 Å². The van der Waals surface area contributed by atoms with Gasteiger partial charge in [-0.1, -0.05) is 65.3 Å². The average molecular weight is 377 g/mol. The summed E-state index contributed by atoms with van der Waals surface area (Å²) in [5, 5.41) is 11.9. The third-order valence-corrected chi connectivity index (χ3v) is 4.72. The minimum absolute atomic E-state index is 0.172. The van der Waals surface area contributed by atoms with Crippen molar-refractivity contribution < 1.29 is 4.79 Å². The quantitative estimate of drug-likeness (QED) is 0.571. The first kappa shape index (κ1) is 17.2. The first-order valence-corrected chi connectivity index (χ1v) is 8.97. The standard InChI is InChI=1S/C21H17ClN4O/c22-18-9-5-4-8-17(18)13-23-21(27)16-10-11-20-19(12-16)24-25-26(20)14-15-6-2-1-3-7-15/h1-12H,13-14H2,(H,23,27). The minimum Gasteiger partial charge on any atom is -0.348 e. The predicted octanol–water partition coefficient (Wildman–Crippen LogP) is 4.06. The van der Waals surface area contributed by atoms with Crippen molar-refractivity contribution in [3.8, 4) is 0 Å². The second-order valence-corrected chi connectivity index (χ2v) is 6.62. The summed E-state index contributed by atoms with van der Waals surface area (Å²) >= 11 is 6.13. The molecular formula is C21H17ClN4O. The van der Waals surface area contributed by atoms with Crippen molar-refractivity contribution in [3.05, 3.63) is 94.5 Å². The van der Waals surface area contributed by atoms with Crippen LogP contribution in [0.1, 0.15) is 21.5 Å². The van der Waals surface area contributed by atoms with Crippen LogP contribution in [-0.4, -0.2) is 20.9 Å². The number of halogens is 1. The molecule has 0 aliphatic heterocycles. The highest BCUT2D eigenvalue weighted by molar-refractivity contribution is 6.31. The molecule has 0 radical (unpaired) electrons. The van der Waals surface area contributed by atoms with Crippen molar-refractivity contribution >= 4 is 28.5 Å². The summed E-state index contributed by atoms with van der Waals surface area (Å²) < 4.78 is 1.83. The number of fused-ring (bicyclic) bond motifs is 1. The van der Waals surface area contributed by atoms with Crippen molar-refractivity contribution in [3.63, 3.8) is 0 Å². The molecule has 0 bridgehead atoms. The van der Waals surface area contributed by atoms with E-state index in [-0.39, 0.29) is 5.91 Å². The highest BCUT2D eigenvalue weighted by Gasteiger charge is 2.11. The normalized spacial score (nSPS) is 10.9. The maximum absolute atomic E-state index is 12.5. The van der Waals surface area contributed by atoms with Gasteiger partial charge in [-0.2, -0.15) is 0 Å². The Bertz CT molecular complexity index is 1090. The number of hydrogen-bond acceptors (Lipinski definition) is 3. The molecule has 1 aromatic heterocycles. The van der Waals surface area contributed by atoms with Gasteiger partial charge in [0.25, 0.3) is 5.91 Å². The third kappa shape index (κ3) is 3.83. The molecule has 134 valence electrons. The number of rotatable bonds is 5. The van der Waals surface area contributed by atoms with Crippen LogP contribution in [0.4, 0.5) is 0 Å². The number of hydrogen-bond donors (Lipinski definition) is 1. The first-order chi connectivity index (χ1) is 13.2. The summed E-state index contributed by atoms with van der Waals surface area (Å²) in [6.07, 6.45) is 0. The Balaban J connectivity index is 1.50. The molecule has 3 aromatic carbocycles. The summed E-state index contributed by atoms with van der Waals surface area (Å²) in [7, 11) is 0. The lowest BCUT2D eigenvalue weighted by Crippen LogP contribution is -2.22. The highest BCUT2D eigenvalue weighted by atomic mass is 35.5. The van der Waals surface area contributed by atoms with Crippen LogP contribution in [-0.2, 0) is 13.1 Å². The molecule has 4 rings (SSSR count). The number of aromatic nitrogens is 3. The molecule has 0 saturated heterocycles. The zero-order chi connectivity index (χ0) is 18.6. The monoisotopic (exact) mass is 376 g/mol. The van der Waals surface area contributed by atoms with Crippen LogP contribution >= 0.6 is 11.6 Å². The predicted molar refractivity (Wildman–Crippen MR) is 106 cm³/mol. The van der Waals surface area contributed by atoms with E-state index in [1.54, 1.807) is 18.2 Å². The van der Waals surface area contributed by atoms with Gasteiger partial charge in [0, 0.05) is 17.1 Å². The topological polar surface area (TPSA) is 59.8 Å². The molecule has 0 aliphatic rings. The van der Waals surface area contributed by atoms with Gasteiger partial charge in [0.05, 0.1) is 12.1 Å². The third-order valence-electron chi connectivity index (χ3n) is 4.35. The zero-order valence-electron chi connectivity index (χ0n) is 14.5. The fourth-order valence-corrected chi connectivity index (χ4v) is 3.11. The fourth-order valence-electron chi connectivity index (χ4n) is 2.91. The average Bonchev–Trinajstić information content (AvgIpc) is 3.10. The molecule has 0 unspecified atom stereocenters. The first-order valence-electron chi connectivity index (χ1n) is 8.59. The minimum atomic E-state index is -0.172. The smallest absolute Gasteiger partial charge is 0.251 e. The van der Waals surface area contributed by atoms with Crippen LogP contribution in [0.15, 0.2) is 72.8 Å². The maximum Gasteiger partial charge on any atom is 0.251 e. The van der Waals surface area contributed by atoms with Crippen molar-refractivity contribution in [1.82, 2.24) is 20.3 Å². The molecule has 0 saturated carbocycles. The Labute approximate surface area is 161 Å². The Morgan fingerprint density at radius 1 is 1.00 bits per heavy atom. The number of nitrogens with zero attached hydrogens (tertiary/aromatic N) is 3. The molecule has 4 aromatic rings. The Hall–Kier alpha value is -3.18. The molecule has 0 atom stereocenters. The lowest BCUT2D eigenvalue weighted by atomic mass is 10.1. The van der Waals surface area contributed by atoms with Crippen LogP contribution < -0.4 is 5.32 Å². The van der Waals surface area contributed by atoms with Gasteiger partial charge in [-0.25, -0.2) is 4.68 Å². The van der Waals surface area contributed by atoms with E-state index in [1.807, 2.05) is 59.3 Å². The van der Waals surface area contributed by atoms with E-state index in [2.05, 4.69) is 15.6 Å². The van der Waals surface area contributed by atoms with Gasteiger partial charge >= 0.3 is 0 Å². The zero-order valence-corrected chi connectivity index (χ0v) is 15.2. The SMILES string of the molecule is O=C(NCc1ccccc1Cl)c1ccc2c(c1)nnn2Cc1ccccc1. The van der Waals surface area contributed by atoms with E-state index in [0.29, 0.717) is 29.2 Å². The van der Waals surface area contributed by atoms with E-state index < -0.39 is 0 Å². The Morgan fingerprint density at radius 3 is 2.59 bits per heavy atom. The lowest BCUT2D eigenvalue weighted by molar-refractivity contribution is 0.0951. The van der Waals surface area contributed by atoms with E-state index in [4.69, 9.17) is 11.6 Å². The summed E-state index contributed by atoms with van der Waals surface area (Å²) in [4.78, 5) is 12.5. The molecular weight excluding hydrogens is 360 g/mol. The Morgan fingerprint density at radius 2 is 1.78 bits per heavy atom. The number of amides is 1. The molecule has 27 heavy (non-hydrogen) atoms. The molecule has 0 fully saturated rings. The van der Waals surface area contributed by atoms with Gasteiger partial charge in [-0.3, -0.25) is 4.79 Å². The van der Waals surface area contributed by atoms with Crippen LogP contribution in [0.5, 0.6) is 0 Å². The van der Waals surface area contributed by atoms with Gasteiger partial charge in [-0.05, 0) is 35.4 Å². The molecule has 0 spiro atoms. The van der Waals surface area contributed by atoms with E-state index in [9.17, 15) is 4.79 Å². The number of carbonyl (C=O) groups is 1. The molecule has 5 nitrogen and oxygen atoms in total. The molecule has 0 aliphatic carbocycles. The second-order valence-electron chi connectivity index (χ2n) is 6.21. The Kier molecular flexibility index (Phi) is 4.85. The van der Waals surface area contributed by atoms with Gasteiger partial charge in [-0.15, -0.1) is 5.10 Å². The maximum atomic E-state index is 12.5. The van der Waals surface area contributed by atoms with Crippen molar-refractivity contribution in [1.29, 1.82) is 0 Å². The van der Waals surface area contributed by atoms with Crippen molar-refractivity contribution in [2.24, 2.45) is 0 Å². The molecule has 1 heterocycles. The fraction of sp³-hybridized carbons (Fsp3) is 0.0952. The van der Waals surface area contributed by atoms with E-state index in [1.165, 1.54) is 0 Å². The molecule has 1 N–H and O–H groups in total. The lowest BCUT2D eigenvalue weighted by Gasteiger charge is -2.07. The van der Waals surface area contributed by atoms with E-state index >= 15 is 0 Å². The number of carbonyl (C=O) groups excluding carboxylic acids is 1. The second kappa shape index (κ2) is 7.60. The van der Waals surface area contributed by atoms with E-state index in [0.717, 1.165) is 16.6 Å². The summed E-state index contributed by atoms with van der Waals surface area (Å²) in [6.45, 7) is 1.01. The largest absolute Gasteiger partial charge is 0.348 e. The van der Waals surface area contributed by atoms with Crippen LogP contribution in [0.25, 0.3) is 11.0 Å². The van der Waals surface area contributed by atoms with Crippen molar-refractivity contribution in [2.75, 3.05) is 0 Å². The van der Waals surface area contributed by atoms with Crippen LogP contribution in [0, 0.1) is 0 Å². The van der Waals surface area contributed by atoms with Gasteiger partial charge in [0.2, 0.25) is 0 Å². The molecule has 6 heteroatoms. The molecule has 1 amide bonds. The van der Waals surface area contributed by atoms with Gasteiger partial charge < -0.3 is 5.32 Å². The van der Waals surface area contributed by atoms with Crippen LogP contribution in [0.2, 0.25) is 5.02 Å². The van der Waals surface area contributed by atoms with Gasteiger partial charge in [0.15, 0.2) is 0 Å². The number of benzene rings is 3. The summed E-state index contributed by atoms with van der Waals surface area (Å²) in [6, 6.07) is 22.9. The van der Waals surface area contributed by atoms with Crippen molar-refractivity contribution in [2.45, 2.75) is 13.1 Å². The van der Waals surface area contributed by atoms with Gasteiger partial charge in [0.1, 0.15) is 5.52 Å². The number of nitrogens with one attached hydrogen (secondary N) is 1. The summed E-state index contributed by atoms with van der Waals surface area (Å²) in [5.41, 5.74) is 4.15. The summed E-state index contributed by atoms with van der Waals surface area (Å²) in [5.74, 6) is -0.172.